The lowest BCUT2D eigenvalue weighted by Gasteiger charge is -2.35. The number of oxazole rings is 1. The lowest BCUT2D eigenvalue weighted by molar-refractivity contribution is -0.147. The topological polar surface area (TPSA) is 116 Å². The molecule has 0 spiro atoms. The van der Waals surface area contributed by atoms with Crippen LogP contribution in [0.4, 0.5) is 0 Å². The molecular formula is C33H44N4O5. The van der Waals surface area contributed by atoms with Crippen LogP contribution in [0.25, 0.3) is 11.3 Å². The number of β-amino-alcohol motifs (C(OH)–C–C–N with tert-alkyl or cyclic N) is 1. The molecule has 1 aliphatic rings. The zero-order chi connectivity index (χ0) is 31.0. The summed E-state index contributed by atoms with van der Waals surface area (Å²) < 4.78 is 5.49. The van der Waals surface area contributed by atoms with Gasteiger partial charge in [-0.25, -0.2) is 4.98 Å². The second-order valence-corrected chi connectivity index (χ2v) is 10.9. The molecule has 0 aliphatic carbocycles. The molecule has 3 aromatic rings. The second kappa shape index (κ2) is 14.8. The van der Waals surface area contributed by atoms with E-state index < -0.39 is 18.2 Å². The van der Waals surface area contributed by atoms with Crippen molar-refractivity contribution < 1.29 is 23.9 Å². The number of carbonyl (C=O) groups is 3. The van der Waals surface area contributed by atoms with Gasteiger partial charge in [0.1, 0.15) is 12.1 Å². The van der Waals surface area contributed by atoms with E-state index in [9.17, 15) is 19.5 Å². The van der Waals surface area contributed by atoms with Crippen molar-refractivity contribution in [3.8, 4) is 11.3 Å². The predicted octanol–water partition coefficient (Wildman–Crippen LogP) is 4.55. The van der Waals surface area contributed by atoms with Crippen molar-refractivity contribution in [1.29, 1.82) is 0 Å². The number of amides is 3. The highest BCUT2D eigenvalue weighted by atomic mass is 16.3. The average Bonchev–Trinajstić information content (AvgIpc) is 3.59. The number of aliphatic hydroxyl groups excluding tert-OH is 1. The summed E-state index contributed by atoms with van der Waals surface area (Å²) in [7, 11) is 0. The number of carbonyl (C=O) groups excluding carboxylic acids is 3. The summed E-state index contributed by atoms with van der Waals surface area (Å²) in [5.74, 6) is -0.162. The minimum Gasteiger partial charge on any atom is -0.443 e. The van der Waals surface area contributed by atoms with E-state index in [4.69, 9.17) is 4.42 Å². The Bertz CT molecular complexity index is 1370. The van der Waals surface area contributed by atoms with Crippen LogP contribution >= 0.6 is 0 Å². The van der Waals surface area contributed by atoms with Crippen molar-refractivity contribution in [3.63, 3.8) is 0 Å². The highest BCUT2D eigenvalue weighted by Gasteiger charge is 2.43. The van der Waals surface area contributed by atoms with E-state index in [-0.39, 0.29) is 43.8 Å². The van der Waals surface area contributed by atoms with Gasteiger partial charge in [0, 0.05) is 31.6 Å². The van der Waals surface area contributed by atoms with Crippen LogP contribution in [0.5, 0.6) is 0 Å². The Labute approximate surface area is 248 Å². The van der Waals surface area contributed by atoms with Crippen molar-refractivity contribution >= 4 is 18.2 Å². The number of benzene rings is 2. The first-order chi connectivity index (χ1) is 20.1. The highest BCUT2D eigenvalue weighted by molar-refractivity contribution is 5.91. The van der Waals surface area contributed by atoms with Crippen molar-refractivity contribution in [2.75, 3.05) is 6.54 Å². The first kappa shape index (κ1) is 32.5. The van der Waals surface area contributed by atoms with Gasteiger partial charge >= 0.3 is 0 Å². The minimum absolute atomic E-state index is 0.0431. The molecule has 3 amide bonds. The third kappa shape index (κ3) is 7.45. The van der Waals surface area contributed by atoms with Crippen LogP contribution < -0.4 is 5.32 Å². The maximum Gasteiger partial charge on any atom is 0.246 e. The van der Waals surface area contributed by atoms with Gasteiger partial charge in [-0.1, -0.05) is 64.1 Å². The molecule has 2 aromatic carbocycles. The smallest absolute Gasteiger partial charge is 0.246 e. The Kier molecular flexibility index (Phi) is 11.4. The van der Waals surface area contributed by atoms with E-state index >= 15 is 0 Å². The summed E-state index contributed by atoms with van der Waals surface area (Å²) >= 11 is 0. The number of nitrogens with zero attached hydrogens (tertiary/aromatic N) is 3. The van der Waals surface area contributed by atoms with Crippen molar-refractivity contribution in [2.24, 2.45) is 5.92 Å². The molecule has 2 N–H and O–H groups in total. The molecule has 9 heteroatoms. The van der Waals surface area contributed by atoms with Gasteiger partial charge in [-0.3, -0.25) is 14.4 Å². The molecule has 4 rings (SSSR count). The maximum absolute atomic E-state index is 13.8. The summed E-state index contributed by atoms with van der Waals surface area (Å²) in [5, 5.41) is 13.4. The van der Waals surface area contributed by atoms with Crippen molar-refractivity contribution in [3.05, 3.63) is 76.8 Å². The summed E-state index contributed by atoms with van der Waals surface area (Å²) in [6.07, 6.45) is 1.44. The quantitative estimate of drug-likeness (QED) is 0.342. The van der Waals surface area contributed by atoms with E-state index in [0.717, 1.165) is 33.5 Å². The molecule has 1 aliphatic heterocycles. The summed E-state index contributed by atoms with van der Waals surface area (Å²) in [5.41, 5.74) is 5.59. The molecule has 9 nitrogen and oxygen atoms in total. The fourth-order valence-electron chi connectivity index (χ4n) is 5.39. The molecule has 42 heavy (non-hydrogen) atoms. The van der Waals surface area contributed by atoms with Gasteiger partial charge < -0.3 is 24.6 Å². The fourth-order valence-corrected chi connectivity index (χ4v) is 5.39. The monoisotopic (exact) mass is 576 g/mol. The lowest BCUT2D eigenvalue weighted by Crippen LogP contribution is -2.55. The normalized spacial score (nSPS) is 16.9. The van der Waals surface area contributed by atoms with E-state index in [1.165, 1.54) is 16.2 Å². The van der Waals surface area contributed by atoms with Crippen molar-refractivity contribution in [2.45, 2.75) is 86.2 Å². The van der Waals surface area contributed by atoms with Crippen LogP contribution in [0.1, 0.15) is 62.1 Å². The van der Waals surface area contributed by atoms with E-state index in [0.29, 0.717) is 12.2 Å². The van der Waals surface area contributed by atoms with Gasteiger partial charge in [-0.2, -0.15) is 0 Å². The van der Waals surface area contributed by atoms with Crippen molar-refractivity contribution in [1.82, 2.24) is 20.1 Å². The molecule has 3 atom stereocenters. The SMILES string of the molecule is CC.Cc1cc(-c2ocnc2C)ccc1CNC(=O)C1CC(O)CN1C(=O)C(C(C)C)N(C=O)Cc1ccccc1C. The maximum atomic E-state index is 13.8. The summed E-state index contributed by atoms with van der Waals surface area (Å²) in [6.45, 7) is 14.2. The number of aromatic nitrogens is 1. The Hall–Kier alpha value is -3.98. The van der Waals surface area contributed by atoms with E-state index in [1.54, 1.807) is 0 Å². The number of rotatable bonds is 10. The first-order valence-corrected chi connectivity index (χ1v) is 14.6. The van der Waals surface area contributed by atoms with Crippen LogP contribution in [0.3, 0.4) is 0 Å². The Balaban J connectivity index is 0.00000237. The fraction of sp³-hybridized carbons (Fsp3) is 0.455. The minimum atomic E-state index is -0.827. The van der Waals surface area contributed by atoms with Gasteiger partial charge in [0.2, 0.25) is 18.2 Å². The molecule has 0 radical (unpaired) electrons. The number of hydrogen-bond acceptors (Lipinski definition) is 6. The van der Waals surface area contributed by atoms with Crippen LogP contribution in [0, 0.1) is 26.7 Å². The van der Waals surface area contributed by atoms with Crippen LogP contribution in [0.2, 0.25) is 0 Å². The molecule has 0 saturated carbocycles. The van der Waals surface area contributed by atoms with Crippen LogP contribution in [-0.2, 0) is 27.5 Å². The number of aliphatic hydroxyl groups is 1. The van der Waals surface area contributed by atoms with Crippen LogP contribution in [0.15, 0.2) is 53.3 Å². The largest absolute Gasteiger partial charge is 0.443 e. The molecule has 1 fully saturated rings. The number of likely N-dealkylation sites (tertiary alicyclic amines) is 1. The van der Waals surface area contributed by atoms with Gasteiger partial charge in [-0.05, 0) is 55.0 Å². The molecule has 1 saturated heterocycles. The first-order valence-electron chi connectivity index (χ1n) is 14.6. The third-order valence-electron chi connectivity index (χ3n) is 7.66. The Morgan fingerprint density at radius 3 is 2.43 bits per heavy atom. The highest BCUT2D eigenvalue weighted by Crippen LogP contribution is 2.26. The van der Waals surface area contributed by atoms with Crippen LogP contribution in [-0.4, -0.2) is 62.8 Å². The standard InChI is InChI=1S/C31H38N4O5.C2H6/c1-19(2)28(34(18-36)15-25-9-7-6-8-20(25)3)31(39)35-16-26(37)13-27(35)30(38)32-14-24-11-10-23(12-21(24)4)29-22(5)33-17-40-29;1-2/h6-12,17-19,26-28,37H,13-16H2,1-5H3,(H,32,38);1-2H3. The van der Waals surface area contributed by atoms with Gasteiger partial charge in [0.25, 0.3) is 0 Å². The van der Waals surface area contributed by atoms with Gasteiger partial charge in [0.05, 0.1) is 11.8 Å². The Morgan fingerprint density at radius 1 is 1.12 bits per heavy atom. The molecule has 1 aromatic heterocycles. The zero-order valence-electron chi connectivity index (χ0n) is 25.8. The van der Waals surface area contributed by atoms with E-state index in [2.05, 4.69) is 10.3 Å². The molecular weight excluding hydrogens is 532 g/mol. The lowest BCUT2D eigenvalue weighted by atomic mass is 9.99. The summed E-state index contributed by atoms with van der Waals surface area (Å²) in [4.78, 5) is 46.4. The number of hydrogen-bond donors (Lipinski definition) is 2. The summed E-state index contributed by atoms with van der Waals surface area (Å²) in [6, 6.07) is 12.0. The van der Waals surface area contributed by atoms with E-state index in [1.807, 2.05) is 90.9 Å². The molecule has 0 bridgehead atoms. The molecule has 2 heterocycles. The average molecular weight is 577 g/mol. The zero-order valence-corrected chi connectivity index (χ0v) is 25.8. The third-order valence-corrected chi connectivity index (χ3v) is 7.66. The van der Waals surface area contributed by atoms with Gasteiger partial charge in [0.15, 0.2) is 12.2 Å². The predicted molar refractivity (Wildman–Crippen MR) is 162 cm³/mol. The Morgan fingerprint density at radius 2 is 1.83 bits per heavy atom. The second-order valence-electron chi connectivity index (χ2n) is 10.9. The number of nitrogens with one attached hydrogen (secondary N) is 1. The van der Waals surface area contributed by atoms with Gasteiger partial charge in [-0.15, -0.1) is 0 Å². The molecule has 226 valence electrons. The number of aryl methyl sites for hydroxylation is 3. The molecule has 3 unspecified atom stereocenters.